The summed E-state index contributed by atoms with van der Waals surface area (Å²) in [6.45, 7) is 1.67. The second kappa shape index (κ2) is 9.27. The molecule has 32 heavy (non-hydrogen) atoms. The van der Waals surface area contributed by atoms with Gasteiger partial charge in [-0.05, 0) is 73.6 Å². The number of anilines is 2. The Morgan fingerprint density at radius 3 is 2.62 bits per heavy atom. The first-order valence-electron chi connectivity index (χ1n) is 11.4. The number of rotatable bonds is 7. The van der Waals surface area contributed by atoms with Gasteiger partial charge < -0.3 is 15.2 Å². The molecule has 5 nitrogen and oxygen atoms in total. The monoisotopic (exact) mass is 424 g/mol. The number of aryl methyl sites for hydroxylation is 2. The van der Waals surface area contributed by atoms with Crippen molar-refractivity contribution in [3.8, 4) is 0 Å². The third-order valence-electron chi connectivity index (χ3n) is 6.20. The van der Waals surface area contributed by atoms with E-state index in [0.29, 0.717) is 5.69 Å². The Hall–Kier alpha value is -3.60. The molecule has 5 heteroatoms. The Balaban J connectivity index is 1.17. The summed E-state index contributed by atoms with van der Waals surface area (Å²) in [5, 5.41) is 4.73. The standard InChI is InChI=1S/C27H28N4O/c32-27(31-16-3-4-17-31)26-18-23(14-15-28-26)30-22-12-10-20(11-13-22)6-5-7-21-19-29-25-9-2-1-8-24(21)25/h1-2,8-15,18-19,29H,3-7,16-17H2,(H,28,30). The van der Waals surface area contributed by atoms with Gasteiger partial charge in [0.15, 0.2) is 0 Å². The Morgan fingerprint density at radius 1 is 0.969 bits per heavy atom. The number of aromatic nitrogens is 2. The van der Waals surface area contributed by atoms with Gasteiger partial charge in [0.2, 0.25) is 0 Å². The molecule has 0 saturated carbocycles. The van der Waals surface area contributed by atoms with Crippen LogP contribution in [0.4, 0.5) is 11.4 Å². The highest BCUT2D eigenvalue weighted by Gasteiger charge is 2.20. The lowest BCUT2D eigenvalue weighted by Crippen LogP contribution is -2.28. The van der Waals surface area contributed by atoms with Gasteiger partial charge in [-0.3, -0.25) is 9.78 Å². The quantitative estimate of drug-likeness (QED) is 0.399. The summed E-state index contributed by atoms with van der Waals surface area (Å²) in [6.07, 6.45) is 9.22. The van der Waals surface area contributed by atoms with Crippen LogP contribution in [0.3, 0.4) is 0 Å². The molecule has 162 valence electrons. The molecular formula is C27H28N4O. The molecule has 0 bridgehead atoms. The minimum Gasteiger partial charge on any atom is -0.361 e. The van der Waals surface area contributed by atoms with Crippen molar-refractivity contribution < 1.29 is 4.79 Å². The van der Waals surface area contributed by atoms with E-state index in [4.69, 9.17) is 0 Å². The summed E-state index contributed by atoms with van der Waals surface area (Å²) in [5.74, 6) is 0.0247. The van der Waals surface area contributed by atoms with Gasteiger partial charge >= 0.3 is 0 Å². The highest BCUT2D eigenvalue weighted by atomic mass is 16.2. The van der Waals surface area contributed by atoms with Gasteiger partial charge in [-0.25, -0.2) is 0 Å². The molecule has 1 fully saturated rings. The van der Waals surface area contributed by atoms with Crippen LogP contribution in [0.25, 0.3) is 10.9 Å². The molecule has 1 saturated heterocycles. The van der Waals surface area contributed by atoms with E-state index >= 15 is 0 Å². The molecule has 0 aliphatic carbocycles. The average Bonchev–Trinajstić information content (AvgIpc) is 3.51. The topological polar surface area (TPSA) is 61.0 Å². The number of hydrogen-bond acceptors (Lipinski definition) is 3. The fraction of sp³-hybridized carbons (Fsp3) is 0.259. The number of nitrogens with one attached hydrogen (secondary N) is 2. The van der Waals surface area contributed by atoms with E-state index in [2.05, 4.69) is 70.0 Å². The summed E-state index contributed by atoms with van der Waals surface area (Å²) in [4.78, 5) is 22.1. The van der Waals surface area contributed by atoms with E-state index in [-0.39, 0.29) is 5.91 Å². The summed E-state index contributed by atoms with van der Waals surface area (Å²) in [5.41, 5.74) is 6.32. The largest absolute Gasteiger partial charge is 0.361 e. The van der Waals surface area contributed by atoms with Crippen LogP contribution in [-0.2, 0) is 12.8 Å². The molecule has 1 aliphatic rings. The van der Waals surface area contributed by atoms with Crippen LogP contribution in [-0.4, -0.2) is 33.9 Å². The molecule has 0 radical (unpaired) electrons. The van der Waals surface area contributed by atoms with Crippen molar-refractivity contribution in [1.82, 2.24) is 14.9 Å². The molecule has 2 aromatic heterocycles. The van der Waals surface area contributed by atoms with Gasteiger partial charge in [0.05, 0.1) is 0 Å². The number of fused-ring (bicyclic) bond motifs is 1. The first-order chi connectivity index (χ1) is 15.8. The number of aromatic amines is 1. The number of amides is 1. The highest BCUT2D eigenvalue weighted by Crippen LogP contribution is 2.22. The Bertz CT molecular complexity index is 1210. The Labute approximate surface area is 188 Å². The van der Waals surface area contributed by atoms with Crippen molar-refractivity contribution in [2.24, 2.45) is 0 Å². The van der Waals surface area contributed by atoms with Gasteiger partial charge in [-0.2, -0.15) is 0 Å². The van der Waals surface area contributed by atoms with Gasteiger partial charge in [-0.1, -0.05) is 30.3 Å². The summed E-state index contributed by atoms with van der Waals surface area (Å²) in [7, 11) is 0. The van der Waals surface area contributed by atoms with Gasteiger partial charge in [-0.15, -0.1) is 0 Å². The highest BCUT2D eigenvalue weighted by molar-refractivity contribution is 5.93. The maximum atomic E-state index is 12.6. The summed E-state index contributed by atoms with van der Waals surface area (Å²) < 4.78 is 0. The molecule has 4 aromatic rings. The number of nitrogens with zero attached hydrogens (tertiary/aromatic N) is 2. The predicted molar refractivity (Wildman–Crippen MR) is 129 cm³/mol. The number of carbonyl (C=O) groups excluding carboxylic acids is 1. The second-order valence-electron chi connectivity index (χ2n) is 8.46. The van der Waals surface area contributed by atoms with Crippen LogP contribution in [0.2, 0.25) is 0 Å². The molecule has 0 unspecified atom stereocenters. The first-order valence-corrected chi connectivity index (χ1v) is 11.4. The van der Waals surface area contributed by atoms with Crippen molar-refractivity contribution in [2.45, 2.75) is 32.1 Å². The van der Waals surface area contributed by atoms with Crippen LogP contribution < -0.4 is 5.32 Å². The molecule has 2 N–H and O–H groups in total. The van der Waals surface area contributed by atoms with E-state index in [0.717, 1.165) is 56.6 Å². The number of para-hydroxylation sites is 1. The Morgan fingerprint density at radius 2 is 1.78 bits per heavy atom. The average molecular weight is 425 g/mol. The maximum Gasteiger partial charge on any atom is 0.272 e. The van der Waals surface area contributed by atoms with E-state index in [1.54, 1.807) is 6.20 Å². The molecule has 3 heterocycles. The van der Waals surface area contributed by atoms with Crippen molar-refractivity contribution in [2.75, 3.05) is 18.4 Å². The van der Waals surface area contributed by atoms with Crippen LogP contribution in [0, 0.1) is 0 Å². The fourth-order valence-electron chi connectivity index (χ4n) is 4.45. The fourth-order valence-corrected chi connectivity index (χ4v) is 4.45. The zero-order valence-corrected chi connectivity index (χ0v) is 18.2. The minimum absolute atomic E-state index is 0.0247. The lowest BCUT2D eigenvalue weighted by Gasteiger charge is -2.15. The van der Waals surface area contributed by atoms with E-state index in [9.17, 15) is 4.79 Å². The molecule has 0 spiro atoms. The number of likely N-dealkylation sites (tertiary alicyclic amines) is 1. The van der Waals surface area contributed by atoms with E-state index in [1.807, 2.05) is 17.0 Å². The smallest absolute Gasteiger partial charge is 0.272 e. The maximum absolute atomic E-state index is 12.6. The molecule has 1 aliphatic heterocycles. The Kier molecular flexibility index (Phi) is 5.88. The number of benzene rings is 2. The van der Waals surface area contributed by atoms with Crippen LogP contribution in [0.15, 0.2) is 73.1 Å². The molecule has 0 atom stereocenters. The van der Waals surface area contributed by atoms with Crippen molar-refractivity contribution in [3.63, 3.8) is 0 Å². The molecule has 5 rings (SSSR count). The number of H-pyrrole nitrogens is 1. The number of hydrogen-bond donors (Lipinski definition) is 2. The van der Waals surface area contributed by atoms with Gasteiger partial charge in [0.25, 0.3) is 5.91 Å². The van der Waals surface area contributed by atoms with Crippen molar-refractivity contribution >= 4 is 28.2 Å². The molecule has 2 aromatic carbocycles. The third kappa shape index (κ3) is 4.52. The lowest BCUT2D eigenvalue weighted by molar-refractivity contribution is 0.0787. The normalized spacial score (nSPS) is 13.6. The number of carbonyl (C=O) groups is 1. The zero-order chi connectivity index (χ0) is 21.8. The SMILES string of the molecule is O=C(c1cc(Nc2ccc(CCCc3c[nH]c4ccccc34)cc2)ccn1)N1CCCC1. The van der Waals surface area contributed by atoms with Crippen LogP contribution in [0.5, 0.6) is 0 Å². The van der Waals surface area contributed by atoms with E-state index in [1.165, 1.54) is 22.0 Å². The second-order valence-corrected chi connectivity index (χ2v) is 8.46. The van der Waals surface area contributed by atoms with Gasteiger partial charge in [0, 0.05) is 47.8 Å². The summed E-state index contributed by atoms with van der Waals surface area (Å²) in [6, 6.07) is 20.8. The number of pyridine rings is 1. The third-order valence-corrected chi connectivity index (χ3v) is 6.20. The molecular weight excluding hydrogens is 396 g/mol. The van der Waals surface area contributed by atoms with E-state index < -0.39 is 0 Å². The summed E-state index contributed by atoms with van der Waals surface area (Å²) >= 11 is 0. The lowest BCUT2D eigenvalue weighted by atomic mass is 10.0. The van der Waals surface area contributed by atoms with Crippen LogP contribution >= 0.6 is 0 Å². The molecule has 1 amide bonds. The minimum atomic E-state index is 0.0247. The first kappa shape index (κ1) is 20.3. The van der Waals surface area contributed by atoms with Gasteiger partial charge in [0.1, 0.15) is 5.69 Å². The van der Waals surface area contributed by atoms with Crippen molar-refractivity contribution in [3.05, 3.63) is 89.9 Å². The predicted octanol–water partition coefficient (Wildman–Crippen LogP) is 5.72. The van der Waals surface area contributed by atoms with Crippen molar-refractivity contribution in [1.29, 1.82) is 0 Å². The zero-order valence-electron chi connectivity index (χ0n) is 18.2. The van der Waals surface area contributed by atoms with Crippen LogP contribution in [0.1, 0.15) is 40.9 Å².